The molecule has 7 heteroatoms. The van der Waals surface area contributed by atoms with Crippen molar-refractivity contribution in [3.63, 3.8) is 0 Å². The molecule has 0 saturated heterocycles. The van der Waals surface area contributed by atoms with Crippen molar-refractivity contribution in [1.82, 2.24) is 25.1 Å². The van der Waals surface area contributed by atoms with Gasteiger partial charge in [-0.2, -0.15) is 0 Å². The molecule has 2 amide bonds. The Morgan fingerprint density at radius 3 is 2.54 bits per heavy atom. The van der Waals surface area contributed by atoms with E-state index in [1.54, 1.807) is 13.1 Å². The molecule has 0 fully saturated rings. The van der Waals surface area contributed by atoms with E-state index in [1.807, 2.05) is 32.4 Å². The number of likely N-dealkylation sites (N-methyl/N-ethyl adjacent to an activating group) is 2. The van der Waals surface area contributed by atoms with E-state index in [4.69, 9.17) is 0 Å². The molecular weight excluding hydrogens is 306 g/mol. The van der Waals surface area contributed by atoms with Crippen LogP contribution in [0.15, 0.2) is 6.58 Å². The van der Waals surface area contributed by atoms with Crippen LogP contribution < -0.4 is 10.6 Å². The summed E-state index contributed by atoms with van der Waals surface area (Å²) in [6.45, 7) is 11.8. The van der Waals surface area contributed by atoms with Crippen LogP contribution in [-0.2, 0) is 17.9 Å². The quantitative estimate of drug-likeness (QED) is 0.857. The SMILES string of the molecule is C=Cc1nc(C(=O)NC(C(=O)NC)C(C)(C)C)c2n1CCN(C)C2. The van der Waals surface area contributed by atoms with Gasteiger partial charge in [0.1, 0.15) is 11.9 Å². The highest BCUT2D eigenvalue weighted by Crippen LogP contribution is 2.22. The lowest BCUT2D eigenvalue weighted by Gasteiger charge is -2.30. The fraction of sp³-hybridized carbons (Fsp3) is 0.588. The number of aromatic nitrogens is 2. The highest BCUT2D eigenvalue weighted by atomic mass is 16.2. The average molecular weight is 333 g/mol. The fourth-order valence-electron chi connectivity index (χ4n) is 2.88. The molecule has 2 heterocycles. The molecule has 0 aromatic carbocycles. The topological polar surface area (TPSA) is 79.3 Å². The van der Waals surface area contributed by atoms with Crippen LogP contribution in [0.2, 0.25) is 0 Å². The Bertz CT molecular complexity index is 657. The van der Waals surface area contributed by atoms with Crippen molar-refractivity contribution >= 4 is 17.9 Å². The summed E-state index contributed by atoms with van der Waals surface area (Å²) >= 11 is 0. The zero-order chi connectivity index (χ0) is 18.1. The summed E-state index contributed by atoms with van der Waals surface area (Å²) < 4.78 is 2.02. The number of rotatable bonds is 4. The van der Waals surface area contributed by atoms with Crippen molar-refractivity contribution < 1.29 is 9.59 Å². The van der Waals surface area contributed by atoms with Gasteiger partial charge in [0.25, 0.3) is 5.91 Å². The van der Waals surface area contributed by atoms with Crippen LogP contribution in [0.5, 0.6) is 0 Å². The normalized spacial score (nSPS) is 16.2. The molecule has 0 spiro atoms. The van der Waals surface area contributed by atoms with E-state index >= 15 is 0 Å². The maximum atomic E-state index is 12.8. The van der Waals surface area contributed by atoms with Crippen molar-refractivity contribution in [2.75, 3.05) is 20.6 Å². The third kappa shape index (κ3) is 3.51. The monoisotopic (exact) mass is 333 g/mol. The van der Waals surface area contributed by atoms with Crippen molar-refractivity contribution in [2.24, 2.45) is 5.41 Å². The van der Waals surface area contributed by atoms with Crippen molar-refractivity contribution in [3.8, 4) is 0 Å². The van der Waals surface area contributed by atoms with E-state index in [0.29, 0.717) is 18.1 Å². The Kier molecular flexibility index (Phi) is 5.13. The number of nitrogens with one attached hydrogen (secondary N) is 2. The zero-order valence-electron chi connectivity index (χ0n) is 15.1. The minimum atomic E-state index is -0.638. The number of nitrogens with zero attached hydrogens (tertiary/aromatic N) is 3. The van der Waals surface area contributed by atoms with Gasteiger partial charge < -0.3 is 15.2 Å². The minimum absolute atomic E-state index is 0.218. The number of hydrogen-bond acceptors (Lipinski definition) is 4. The number of carbonyl (C=O) groups excluding carboxylic acids is 2. The second-order valence-electron chi connectivity index (χ2n) is 7.25. The molecule has 24 heavy (non-hydrogen) atoms. The molecule has 2 N–H and O–H groups in total. The van der Waals surface area contributed by atoms with Gasteiger partial charge in [-0.15, -0.1) is 0 Å². The summed E-state index contributed by atoms with van der Waals surface area (Å²) in [5.41, 5.74) is 0.823. The van der Waals surface area contributed by atoms with Crippen LogP contribution in [0.4, 0.5) is 0 Å². The van der Waals surface area contributed by atoms with Crippen LogP contribution in [-0.4, -0.2) is 52.9 Å². The predicted molar refractivity (Wildman–Crippen MR) is 93.4 cm³/mol. The molecule has 1 aromatic rings. The summed E-state index contributed by atoms with van der Waals surface area (Å²) in [5, 5.41) is 5.46. The van der Waals surface area contributed by atoms with Crippen LogP contribution in [0.1, 0.15) is 42.8 Å². The van der Waals surface area contributed by atoms with Crippen molar-refractivity contribution in [1.29, 1.82) is 0 Å². The molecule has 0 radical (unpaired) electrons. The molecule has 2 rings (SSSR count). The zero-order valence-corrected chi connectivity index (χ0v) is 15.1. The van der Waals surface area contributed by atoms with Crippen LogP contribution >= 0.6 is 0 Å². The van der Waals surface area contributed by atoms with Gasteiger partial charge in [0.05, 0.1) is 5.69 Å². The Hall–Kier alpha value is -2.15. The summed E-state index contributed by atoms with van der Waals surface area (Å²) in [7, 11) is 3.57. The van der Waals surface area contributed by atoms with E-state index in [-0.39, 0.29) is 11.8 Å². The molecular formula is C17H27N5O2. The van der Waals surface area contributed by atoms with E-state index in [1.165, 1.54) is 0 Å². The predicted octanol–water partition coefficient (Wildman–Crippen LogP) is 0.862. The second-order valence-corrected chi connectivity index (χ2v) is 7.25. The Morgan fingerprint density at radius 1 is 1.33 bits per heavy atom. The maximum Gasteiger partial charge on any atom is 0.272 e. The Balaban J connectivity index is 2.34. The van der Waals surface area contributed by atoms with Gasteiger partial charge in [-0.3, -0.25) is 14.5 Å². The molecule has 7 nitrogen and oxygen atoms in total. The minimum Gasteiger partial charge on any atom is -0.357 e. The number of hydrogen-bond donors (Lipinski definition) is 2. The molecule has 0 aliphatic carbocycles. The van der Waals surface area contributed by atoms with Gasteiger partial charge in [-0.05, 0) is 18.5 Å². The Labute approximate surface area is 143 Å². The van der Waals surface area contributed by atoms with Crippen molar-refractivity contribution in [3.05, 3.63) is 23.8 Å². The van der Waals surface area contributed by atoms with E-state index in [2.05, 4.69) is 27.1 Å². The van der Waals surface area contributed by atoms with Gasteiger partial charge in [0, 0.05) is 26.7 Å². The molecule has 1 aliphatic heterocycles. The first-order valence-electron chi connectivity index (χ1n) is 8.12. The first-order valence-corrected chi connectivity index (χ1v) is 8.12. The lowest BCUT2D eigenvalue weighted by Crippen LogP contribution is -2.53. The van der Waals surface area contributed by atoms with Gasteiger partial charge in [0.15, 0.2) is 5.69 Å². The van der Waals surface area contributed by atoms with Crippen molar-refractivity contribution in [2.45, 2.75) is 39.9 Å². The molecule has 0 saturated carbocycles. The molecule has 1 aliphatic rings. The summed E-state index contributed by atoms with van der Waals surface area (Å²) in [4.78, 5) is 31.5. The summed E-state index contributed by atoms with van der Waals surface area (Å²) in [6.07, 6.45) is 1.66. The number of amides is 2. The third-order valence-electron chi connectivity index (χ3n) is 4.27. The Morgan fingerprint density at radius 2 is 2.00 bits per heavy atom. The molecule has 0 bridgehead atoms. The number of imidazole rings is 1. The lowest BCUT2D eigenvalue weighted by molar-refractivity contribution is -0.124. The van der Waals surface area contributed by atoms with Crippen LogP contribution in [0.3, 0.4) is 0 Å². The fourth-order valence-corrected chi connectivity index (χ4v) is 2.88. The molecule has 132 valence electrons. The molecule has 1 atom stereocenters. The largest absolute Gasteiger partial charge is 0.357 e. The summed E-state index contributed by atoms with van der Waals surface area (Å²) in [5.74, 6) is 0.145. The number of fused-ring (bicyclic) bond motifs is 1. The van der Waals surface area contributed by atoms with E-state index < -0.39 is 11.5 Å². The highest BCUT2D eigenvalue weighted by molar-refractivity contribution is 5.97. The first kappa shape index (κ1) is 18.2. The maximum absolute atomic E-state index is 12.8. The standard InChI is InChI=1S/C17H27N5O2/c1-7-12-19-13(11-10-21(6)8-9-22(11)12)15(23)20-14(16(24)18-5)17(2,3)4/h7,14H,1,8-10H2,2-6H3,(H,18,24)(H,20,23). The van der Waals surface area contributed by atoms with E-state index in [9.17, 15) is 9.59 Å². The smallest absolute Gasteiger partial charge is 0.272 e. The van der Waals surface area contributed by atoms with Gasteiger partial charge >= 0.3 is 0 Å². The summed E-state index contributed by atoms with van der Waals surface area (Å²) in [6, 6.07) is -0.638. The second kappa shape index (κ2) is 6.76. The van der Waals surface area contributed by atoms with Gasteiger partial charge in [-0.25, -0.2) is 4.98 Å². The third-order valence-corrected chi connectivity index (χ3v) is 4.27. The molecule has 1 aromatic heterocycles. The highest BCUT2D eigenvalue weighted by Gasteiger charge is 2.34. The molecule has 1 unspecified atom stereocenters. The van der Waals surface area contributed by atoms with Gasteiger partial charge in [-0.1, -0.05) is 27.4 Å². The first-order chi connectivity index (χ1) is 11.2. The average Bonchev–Trinajstić information content (AvgIpc) is 2.88. The lowest BCUT2D eigenvalue weighted by atomic mass is 9.86. The number of carbonyl (C=O) groups is 2. The van der Waals surface area contributed by atoms with Gasteiger partial charge in [0.2, 0.25) is 5.91 Å². The van der Waals surface area contributed by atoms with Crippen LogP contribution in [0.25, 0.3) is 6.08 Å². The van der Waals surface area contributed by atoms with Crippen LogP contribution in [0, 0.1) is 5.41 Å². The van der Waals surface area contributed by atoms with E-state index in [0.717, 1.165) is 18.8 Å².